The van der Waals surface area contributed by atoms with Crippen LogP contribution in [0.15, 0.2) is 46.2 Å². The maximum Gasteiger partial charge on any atom is 0.335 e. The van der Waals surface area contributed by atoms with E-state index in [1.165, 1.54) is 0 Å². The average Bonchev–Trinajstić information content (AvgIpc) is 2.60. The number of hydrogen-bond acceptors (Lipinski definition) is 4. The van der Waals surface area contributed by atoms with Crippen LogP contribution in [0.25, 0.3) is 0 Å². The third-order valence-corrected chi connectivity index (χ3v) is 4.97. The van der Waals surface area contributed by atoms with Crippen LogP contribution in [0.3, 0.4) is 0 Å². The lowest BCUT2D eigenvalue weighted by molar-refractivity contribution is 0.0686. The fourth-order valence-corrected chi connectivity index (χ4v) is 3.46. The number of rotatable bonds is 4. The van der Waals surface area contributed by atoms with Crippen molar-refractivity contribution in [2.75, 3.05) is 0 Å². The smallest absolute Gasteiger partial charge is 0.335 e. The average molecular weight is 354 g/mol. The Morgan fingerprint density at radius 2 is 1.12 bits per heavy atom. The summed E-state index contributed by atoms with van der Waals surface area (Å²) in [7, 11) is -4.23. The molecule has 0 aliphatic carbocycles. The summed E-state index contributed by atoms with van der Waals surface area (Å²) in [5, 5.41) is 18.2. The Morgan fingerprint density at radius 3 is 1.40 bits per heavy atom. The van der Waals surface area contributed by atoms with Gasteiger partial charge in [-0.15, -0.1) is 12.8 Å². The molecule has 2 rings (SSSR count). The molecule has 2 aromatic carbocycles. The van der Waals surface area contributed by atoms with E-state index in [9.17, 15) is 18.0 Å². The van der Waals surface area contributed by atoms with Crippen molar-refractivity contribution >= 4 is 21.8 Å². The van der Waals surface area contributed by atoms with Gasteiger partial charge in [0.25, 0.3) is 0 Å². The van der Waals surface area contributed by atoms with Gasteiger partial charge in [-0.25, -0.2) is 18.0 Å². The summed E-state index contributed by atoms with van der Waals surface area (Å²) < 4.78 is 25.6. The van der Waals surface area contributed by atoms with Crippen LogP contribution in [0.5, 0.6) is 0 Å². The number of sulfone groups is 1. The van der Waals surface area contributed by atoms with Crippen molar-refractivity contribution < 1.29 is 28.2 Å². The summed E-state index contributed by atoms with van der Waals surface area (Å²) in [6.45, 7) is 0. The lowest BCUT2D eigenvalue weighted by Gasteiger charge is -2.09. The summed E-state index contributed by atoms with van der Waals surface area (Å²) in [6.07, 6.45) is 10.5. The van der Waals surface area contributed by atoms with Gasteiger partial charge < -0.3 is 10.2 Å². The highest BCUT2D eigenvalue weighted by Crippen LogP contribution is 2.25. The third-order valence-electron chi connectivity index (χ3n) is 3.26. The molecule has 2 aromatic rings. The molecule has 0 amide bonds. The van der Waals surface area contributed by atoms with Crippen LogP contribution < -0.4 is 0 Å². The van der Waals surface area contributed by atoms with Crippen LogP contribution >= 0.6 is 0 Å². The number of carboxylic acids is 2. The highest BCUT2D eigenvalue weighted by Gasteiger charge is 2.22. The van der Waals surface area contributed by atoms with Crippen LogP contribution in [-0.2, 0) is 9.84 Å². The molecule has 0 fully saturated rings. The van der Waals surface area contributed by atoms with E-state index in [1.54, 1.807) is 0 Å². The molecule has 0 atom stereocenters. The SMILES string of the molecule is C#Cc1cc(C(=O)O)cc(S(=O)(=O)c2cc(C#C)cc(C(=O)O)c2)c1. The van der Waals surface area contributed by atoms with Crippen molar-refractivity contribution in [3.63, 3.8) is 0 Å². The van der Waals surface area contributed by atoms with E-state index in [0.29, 0.717) is 0 Å². The van der Waals surface area contributed by atoms with Crippen molar-refractivity contribution in [2.45, 2.75) is 9.79 Å². The zero-order valence-corrected chi connectivity index (χ0v) is 13.4. The second-order valence-electron chi connectivity index (χ2n) is 4.89. The van der Waals surface area contributed by atoms with Crippen LogP contribution in [-0.4, -0.2) is 30.6 Å². The zero-order valence-electron chi connectivity index (χ0n) is 12.6. The fraction of sp³-hybridized carbons (Fsp3) is 0. The molecule has 0 bridgehead atoms. The van der Waals surface area contributed by atoms with Crippen LogP contribution in [0.1, 0.15) is 31.8 Å². The van der Waals surface area contributed by atoms with Crippen LogP contribution in [0.2, 0.25) is 0 Å². The van der Waals surface area contributed by atoms with Gasteiger partial charge in [0, 0.05) is 11.1 Å². The Labute approximate surface area is 143 Å². The lowest BCUT2D eigenvalue weighted by Crippen LogP contribution is -2.08. The summed E-state index contributed by atoms with van der Waals surface area (Å²) in [6, 6.07) is 6.46. The van der Waals surface area contributed by atoms with Crippen molar-refractivity contribution in [1.29, 1.82) is 0 Å². The molecule has 25 heavy (non-hydrogen) atoms. The molecule has 0 heterocycles. The van der Waals surface area contributed by atoms with Crippen molar-refractivity contribution in [1.82, 2.24) is 0 Å². The Morgan fingerprint density at radius 1 is 0.760 bits per heavy atom. The first-order valence-corrected chi connectivity index (χ1v) is 8.12. The van der Waals surface area contributed by atoms with Gasteiger partial charge in [0.1, 0.15) is 0 Å². The molecular formula is C18H10O6S. The Balaban J connectivity index is 2.76. The van der Waals surface area contributed by atoms with Gasteiger partial charge in [-0.1, -0.05) is 11.8 Å². The highest BCUT2D eigenvalue weighted by atomic mass is 32.2. The molecule has 0 radical (unpaired) electrons. The van der Waals surface area contributed by atoms with Gasteiger partial charge in [-0.2, -0.15) is 0 Å². The van der Waals surface area contributed by atoms with E-state index in [2.05, 4.69) is 11.8 Å². The van der Waals surface area contributed by atoms with Crippen molar-refractivity contribution in [3.8, 4) is 24.7 Å². The first-order chi connectivity index (χ1) is 11.7. The summed E-state index contributed by atoms with van der Waals surface area (Å²) in [4.78, 5) is 21.6. The molecule has 0 spiro atoms. The third kappa shape index (κ3) is 3.52. The van der Waals surface area contributed by atoms with E-state index >= 15 is 0 Å². The molecule has 6 nitrogen and oxygen atoms in total. The molecule has 0 saturated heterocycles. The minimum Gasteiger partial charge on any atom is -0.478 e. The highest BCUT2D eigenvalue weighted by molar-refractivity contribution is 7.91. The Bertz CT molecular complexity index is 1000. The predicted octanol–water partition coefficient (Wildman–Crippen LogP) is 1.88. The second kappa shape index (κ2) is 6.52. The molecule has 124 valence electrons. The molecule has 7 heteroatoms. The fourth-order valence-electron chi connectivity index (χ4n) is 2.06. The molecule has 0 aliphatic heterocycles. The zero-order chi connectivity index (χ0) is 18.8. The summed E-state index contributed by atoms with van der Waals surface area (Å²) >= 11 is 0. The van der Waals surface area contributed by atoms with Gasteiger partial charge in [0.15, 0.2) is 0 Å². The number of aromatic carboxylic acids is 2. The van der Waals surface area contributed by atoms with Crippen molar-refractivity contribution in [2.24, 2.45) is 0 Å². The molecule has 2 N–H and O–H groups in total. The Hall–Kier alpha value is -3.55. The monoisotopic (exact) mass is 354 g/mol. The van der Waals surface area contributed by atoms with Gasteiger partial charge in [0.05, 0.1) is 20.9 Å². The minimum atomic E-state index is -4.23. The number of carbonyl (C=O) groups is 2. The molecule has 0 aromatic heterocycles. The van der Waals surface area contributed by atoms with Crippen LogP contribution in [0, 0.1) is 24.7 Å². The molecule has 0 unspecified atom stereocenters. The minimum absolute atomic E-state index is 0.0602. The van der Waals surface area contributed by atoms with Crippen LogP contribution in [0.4, 0.5) is 0 Å². The van der Waals surface area contributed by atoms with Gasteiger partial charge in [-0.3, -0.25) is 0 Å². The van der Waals surface area contributed by atoms with Gasteiger partial charge in [0.2, 0.25) is 9.84 Å². The largest absolute Gasteiger partial charge is 0.478 e. The van der Waals surface area contributed by atoms with Crippen molar-refractivity contribution in [3.05, 3.63) is 58.7 Å². The molecule has 0 aliphatic rings. The maximum atomic E-state index is 12.8. The first-order valence-electron chi connectivity index (χ1n) is 6.64. The van der Waals surface area contributed by atoms with E-state index in [0.717, 1.165) is 36.4 Å². The molecular weight excluding hydrogens is 344 g/mol. The maximum absolute atomic E-state index is 12.8. The van der Waals surface area contributed by atoms with E-state index in [4.69, 9.17) is 23.1 Å². The standard InChI is InChI=1S/C18H10O6S/c1-3-11-5-13(17(19)20)9-15(7-11)25(23,24)16-8-12(4-2)6-14(10-16)18(21)22/h1-2,5-10H,(H,19,20)(H,21,22). The predicted molar refractivity (Wildman–Crippen MR) is 88.1 cm³/mol. The molecule has 0 saturated carbocycles. The number of benzene rings is 2. The summed E-state index contributed by atoms with van der Waals surface area (Å²) in [5.74, 6) is 1.67. The Kier molecular flexibility index (Phi) is 4.64. The van der Waals surface area contributed by atoms with E-state index in [1.807, 2.05) is 0 Å². The van der Waals surface area contributed by atoms with Gasteiger partial charge in [-0.05, 0) is 36.4 Å². The number of hydrogen-bond donors (Lipinski definition) is 2. The normalized spacial score (nSPS) is 10.5. The lowest BCUT2D eigenvalue weighted by atomic mass is 10.1. The number of carboxylic acid groups (broad SMARTS) is 2. The second-order valence-corrected chi connectivity index (χ2v) is 6.84. The quantitative estimate of drug-likeness (QED) is 0.812. The first kappa shape index (κ1) is 17.8. The van der Waals surface area contributed by atoms with E-state index < -0.39 is 21.8 Å². The van der Waals surface area contributed by atoms with E-state index in [-0.39, 0.29) is 32.0 Å². The summed E-state index contributed by atoms with van der Waals surface area (Å²) in [5.41, 5.74) is -0.490. The number of terminal acetylenes is 2. The van der Waals surface area contributed by atoms with Gasteiger partial charge >= 0.3 is 11.9 Å². The topological polar surface area (TPSA) is 109 Å².